The van der Waals surface area contributed by atoms with Crippen LogP contribution in [-0.2, 0) is 0 Å². The summed E-state index contributed by atoms with van der Waals surface area (Å²) in [6.45, 7) is 0. The first-order valence-corrected chi connectivity index (χ1v) is 5.42. The zero-order valence-corrected chi connectivity index (χ0v) is 10.4. The summed E-state index contributed by atoms with van der Waals surface area (Å²) in [5.41, 5.74) is 0.780. The molecule has 1 aromatic rings. The van der Waals surface area contributed by atoms with Gasteiger partial charge < -0.3 is 9.47 Å². The topological polar surface area (TPSA) is 65.0 Å². The molecule has 0 N–H and O–H groups in total. The fourth-order valence-corrected chi connectivity index (χ4v) is 2.05. The Bertz CT molecular complexity index is 560. The largest absolute Gasteiger partial charge is 0.496 e. The van der Waals surface area contributed by atoms with E-state index in [2.05, 4.69) is 4.99 Å². The van der Waals surface area contributed by atoms with Gasteiger partial charge in [-0.1, -0.05) is 0 Å². The number of carbonyl (C=O) groups is 2. The van der Waals surface area contributed by atoms with Gasteiger partial charge in [-0.15, -0.1) is 0 Å². The van der Waals surface area contributed by atoms with Crippen molar-refractivity contribution in [1.82, 2.24) is 0 Å². The third-order valence-electron chi connectivity index (χ3n) is 2.93. The quantitative estimate of drug-likeness (QED) is 0.795. The first-order valence-electron chi connectivity index (χ1n) is 5.42. The van der Waals surface area contributed by atoms with E-state index in [1.165, 1.54) is 21.3 Å². The number of benzene rings is 1. The number of nitrogens with zero attached hydrogens (tertiary/aromatic N) is 1. The van der Waals surface area contributed by atoms with Crippen molar-refractivity contribution in [2.45, 2.75) is 6.42 Å². The lowest BCUT2D eigenvalue weighted by Crippen LogP contribution is -2.28. The van der Waals surface area contributed by atoms with Gasteiger partial charge in [0, 0.05) is 7.05 Å². The summed E-state index contributed by atoms with van der Waals surface area (Å²) in [4.78, 5) is 28.2. The first-order chi connectivity index (χ1) is 8.63. The SMILES string of the molecule is CN=C1CC(=O)c2c(OC)ccc(OC)c2C1=O. The third-order valence-corrected chi connectivity index (χ3v) is 2.93. The molecule has 0 fully saturated rings. The number of aliphatic imine (C=N–C) groups is 1. The minimum Gasteiger partial charge on any atom is -0.496 e. The summed E-state index contributed by atoms with van der Waals surface area (Å²) in [6, 6.07) is 3.23. The highest BCUT2D eigenvalue weighted by atomic mass is 16.5. The predicted molar refractivity (Wildman–Crippen MR) is 66.2 cm³/mol. The first kappa shape index (κ1) is 12.3. The molecular weight excluding hydrogens is 234 g/mol. The van der Waals surface area contributed by atoms with E-state index in [0.29, 0.717) is 11.5 Å². The molecule has 94 valence electrons. The molecule has 0 atom stereocenters. The number of fused-ring (bicyclic) bond motifs is 1. The van der Waals surface area contributed by atoms with Gasteiger partial charge >= 0.3 is 0 Å². The van der Waals surface area contributed by atoms with Crippen molar-refractivity contribution in [1.29, 1.82) is 0 Å². The normalized spacial score (nSPS) is 16.7. The molecule has 0 spiro atoms. The molecule has 0 heterocycles. The van der Waals surface area contributed by atoms with Crippen molar-refractivity contribution in [3.8, 4) is 11.5 Å². The molecule has 0 saturated carbocycles. The number of methoxy groups -OCH3 is 2. The number of ether oxygens (including phenoxy) is 2. The molecule has 0 radical (unpaired) electrons. The van der Waals surface area contributed by atoms with Gasteiger partial charge in [-0.25, -0.2) is 0 Å². The summed E-state index contributed by atoms with van der Waals surface area (Å²) in [5.74, 6) is 0.299. The van der Waals surface area contributed by atoms with E-state index in [0.717, 1.165) is 0 Å². The van der Waals surface area contributed by atoms with Crippen LogP contribution in [0.15, 0.2) is 17.1 Å². The molecule has 0 unspecified atom stereocenters. The second kappa shape index (κ2) is 4.60. The fourth-order valence-electron chi connectivity index (χ4n) is 2.05. The maximum atomic E-state index is 12.2. The molecule has 0 aromatic heterocycles. The minimum atomic E-state index is -0.275. The lowest BCUT2D eigenvalue weighted by atomic mass is 9.86. The van der Waals surface area contributed by atoms with Crippen LogP contribution in [0.5, 0.6) is 11.5 Å². The maximum absolute atomic E-state index is 12.2. The zero-order valence-electron chi connectivity index (χ0n) is 10.4. The van der Waals surface area contributed by atoms with E-state index in [-0.39, 0.29) is 34.8 Å². The molecule has 1 aromatic carbocycles. The highest BCUT2D eigenvalue weighted by Crippen LogP contribution is 2.35. The van der Waals surface area contributed by atoms with E-state index in [4.69, 9.17) is 9.47 Å². The summed E-state index contributed by atoms with van der Waals surface area (Å²) < 4.78 is 10.3. The van der Waals surface area contributed by atoms with E-state index >= 15 is 0 Å². The standard InChI is InChI=1S/C13H13NO4/c1-14-7-6-8(15)11-9(17-2)4-5-10(18-3)12(11)13(7)16/h4-5H,6H2,1-3H3. The molecule has 0 bridgehead atoms. The van der Waals surface area contributed by atoms with Gasteiger partial charge in [0.2, 0.25) is 5.78 Å². The summed E-state index contributed by atoms with van der Waals surface area (Å²) in [5, 5.41) is 0. The van der Waals surface area contributed by atoms with Crippen LogP contribution in [0.4, 0.5) is 0 Å². The van der Waals surface area contributed by atoms with E-state index in [1.807, 2.05) is 0 Å². The molecule has 1 aliphatic carbocycles. The Morgan fingerprint density at radius 3 is 2.11 bits per heavy atom. The average molecular weight is 247 g/mol. The van der Waals surface area contributed by atoms with Crippen LogP contribution in [-0.4, -0.2) is 38.5 Å². The smallest absolute Gasteiger partial charge is 0.211 e. The highest BCUT2D eigenvalue weighted by molar-refractivity contribution is 6.53. The van der Waals surface area contributed by atoms with Gasteiger partial charge in [0.1, 0.15) is 11.5 Å². The predicted octanol–water partition coefficient (Wildman–Crippen LogP) is 1.54. The Kier molecular flexibility index (Phi) is 3.14. The monoisotopic (exact) mass is 247 g/mol. The van der Waals surface area contributed by atoms with Crippen LogP contribution in [0.25, 0.3) is 0 Å². The van der Waals surface area contributed by atoms with Gasteiger partial charge in [0.15, 0.2) is 5.78 Å². The van der Waals surface area contributed by atoms with Crippen molar-refractivity contribution < 1.29 is 19.1 Å². The number of ketones is 2. The summed E-state index contributed by atoms with van der Waals surface area (Å²) >= 11 is 0. The van der Waals surface area contributed by atoms with Gasteiger partial charge in [0.25, 0.3) is 0 Å². The lowest BCUT2D eigenvalue weighted by Gasteiger charge is -2.20. The molecule has 0 saturated heterocycles. The van der Waals surface area contributed by atoms with E-state index in [1.54, 1.807) is 12.1 Å². The summed E-state index contributed by atoms with van der Waals surface area (Å²) in [7, 11) is 4.42. The van der Waals surface area contributed by atoms with Crippen LogP contribution in [0.1, 0.15) is 27.1 Å². The van der Waals surface area contributed by atoms with Crippen molar-refractivity contribution >= 4 is 17.3 Å². The van der Waals surface area contributed by atoms with Gasteiger partial charge in [0.05, 0.1) is 37.5 Å². The van der Waals surface area contributed by atoms with Crippen molar-refractivity contribution in [3.05, 3.63) is 23.3 Å². The van der Waals surface area contributed by atoms with Crippen LogP contribution < -0.4 is 9.47 Å². The Morgan fingerprint density at radius 1 is 1.06 bits per heavy atom. The van der Waals surface area contributed by atoms with Gasteiger partial charge in [-0.05, 0) is 12.1 Å². The third kappa shape index (κ3) is 1.68. The molecule has 0 aliphatic heterocycles. The second-order valence-electron chi connectivity index (χ2n) is 3.82. The molecule has 5 heteroatoms. The van der Waals surface area contributed by atoms with Crippen LogP contribution in [0.3, 0.4) is 0 Å². The molecule has 1 aliphatic rings. The van der Waals surface area contributed by atoms with Crippen molar-refractivity contribution in [2.24, 2.45) is 4.99 Å². The van der Waals surface area contributed by atoms with Crippen LogP contribution >= 0.6 is 0 Å². The average Bonchev–Trinajstić information content (AvgIpc) is 2.41. The van der Waals surface area contributed by atoms with Gasteiger partial charge in [-0.3, -0.25) is 14.6 Å². The molecule has 0 amide bonds. The maximum Gasteiger partial charge on any atom is 0.211 e. The highest BCUT2D eigenvalue weighted by Gasteiger charge is 2.34. The molecule has 2 rings (SSSR count). The second-order valence-corrected chi connectivity index (χ2v) is 3.82. The van der Waals surface area contributed by atoms with Crippen molar-refractivity contribution in [3.63, 3.8) is 0 Å². The Labute approximate surface area is 104 Å². The number of carbonyl (C=O) groups excluding carboxylic acids is 2. The fraction of sp³-hybridized carbons (Fsp3) is 0.308. The molecule has 18 heavy (non-hydrogen) atoms. The van der Waals surface area contributed by atoms with Crippen molar-refractivity contribution in [2.75, 3.05) is 21.3 Å². The Balaban J connectivity index is 2.76. The van der Waals surface area contributed by atoms with Gasteiger partial charge in [-0.2, -0.15) is 0 Å². The summed E-state index contributed by atoms with van der Waals surface area (Å²) in [6.07, 6.45) is 0.00581. The van der Waals surface area contributed by atoms with Crippen LogP contribution in [0.2, 0.25) is 0 Å². The molecular formula is C13H13NO4. The van der Waals surface area contributed by atoms with E-state index < -0.39 is 0 Å². The lowest BCUT2D eigenvalue weighted by molar-refractivity contribution is 0.0959. The minimum absolute atomic E-state index is 0.00581. The zero-order chi connectivity index (χ0) is 13.3. The number of hydrogen-bond acceptors (Lipinski definition) is 5. The number of hydrogen-bond donors (Lipinski definition) is 0. The van der Waals surface area contributed by atoms with E-state index in [9.17, 15) is 9.59 Å². The number of Topliss-reactive ketones (excluding diaryl/α,β-unsaturated/α-hetero) is 2. The Hall–Kier alpha value is -2.17. The Morgan fingerprint density at radius 2 is 1.61 bits per heavy atom. The molecule has 5 nitrogen and oxygen atoms in total. The van der Waals surface area contributed by atoms with Crippen LogP contribution in [0, 0.1) is 0 Å². The number of rotatable bonds is 2.